The number of carbonyl (C=O) groups is 1. The number of rotatable bonds is 2. The molecule has 0 unspecified atom stereocenters. The van der Waals surface area contributed by atoms with E-state index in [2.05, 4.69) is 6.07 Å². The first-order valence-corrected chi connectivity index (χ1v) is 10.5. The summed E-state index contributed by atoms with van der Waals surface area (Å²) in [5.74, 6) is -1.32. The van der Waals surface area contributed by atoms with Gasteiger partial charge in [0, 0.05) is 39.0 Å². The van der Waals surface area contributed by atoms with Crippen molar-refractivity contribution < 1.29 is 18.3 Å². The van der Waals surface area contributed by atoms with Gasteiger partial charge in [-0.25, -0.2) is 18.6 Å². The molecule has 33 heavy (non-hydrogen) atoms. The highest BCUT2D eigenvalue weighted by Gasteiger charge is 2.34. The maximum atomic E-state index is 14.2. The Hall–Kier alpha value is -4.11. The van der Waals surface area contributed by atoms with E-state index in [9.17, 15) is 18.8 Å². The summed E-state index contributed by atoms with van der Waals surface area (Å²) in [6.45, 7) is 5.27. The summed E-state index contributed by atoms with van der Waals surface area (Å²) < 4.78 is 33.5. The smallest absolute Gasteiger partial charge is 0.334 e. The Kier molecular flexibility index (Phi) is 4.71. The lowest BCUT2D eigenvalue weighted by Crippen LogP contribution is -2.07. The fourth-order valence-corrected chi connectivity index (χ4v) is 4.65. The molecule has 2 aliphatic rings. The fourth-order valence-electron chi connectivity index (χ4n) is 4.65. The molecular formula is C27H18F2N2O2. The Labute approximate surface area is 189 Å². The van der Waals surface area contributed by atoms with E-state index in [0.29, 0.717) is 55.9 Å². The minimum absolute atomic E-state index is 0.218. The van der Waals surface area contributed by atoms with Crippen LogP contribution in [0.1, 0.15) is 43.2 Å². The number of halogens is 2. The molecule has 1 aromatic heterocycles. The standard InChI is InChI=1S/C27H18F2N2O2/c1-4-33-27(32)14(3)24-20-10-16(29)6-8-18(20)25-22(24)11-21-17-7-5-15(28)9-19(17)23(13(2)12-30)26(21)31-25/h5-11H,4H2,1-3H3/b23-13+,24-14-. The summed E-state index contributed by atoms with van der Waals surface area (Å²) in [5.41, 5.74) is 7.07. The predicted molar refractivity (Wildman–Crippen MR) is 121 cm³/mol. The summed E-state index contributed by atoms with van der Waals surface area (Å²) in [5, 5.41) is 9.59. The van der Waals surface area contributed by atoms with Crippen molar-refractivity contribution in [1.82, 2.24) is 4.98 Å². The first-order chi connectivity index (χ1) is 15.8. The molecule has 0 bridgehead atoms. The zero-order valence-electron chi connectivity index (χ0n) is 18.2. The van der Waals surface area contributed by atoms with Crippen molar-refractivity contribution in [2.75, 3.05) is 6.61 Å². The molecule has 0 atom stereocenters. The molecule has 1 heterocycles. The van der Waals surface area contributed by atoms with Gasteiger partial charge in [-0.3, -0.25) is 0 Å². The number of benzene rings is 2. The van der Waals surface area contributed by atoms with Gasteiger partial charge in [-0.2, -0.15) is 5.26 Å². The zero-order valence-corrected chi connectivity index (χ0v) is 18.2. The number of carbonyl (C=O) groups excluding carboxylic acids is 1. The van der Waals surface area contributed by atoms with Crippen molar-refractivity contribution >= 4 is 17.1 Å². The number of nitriles is 1. The van der Waals surface area contributed by atoms with Gasteiger partial charge >= 0.3 is 5.97 Å². The Balaban J connectivity index is 1.87. The van der Waals surface area contributed by atoms with Gasteiger partial charge in [0.25, 0.3) is 0 Å². The number of esters is 1. The molecule has 0 amide bonds. The van der Waals surface area contributed by atoms with Crippen LogP contribution in [-0.2, 0) is 9.53 Å². The minimum atomic E-state index is -0.487. The number of hydrogen-bond donors (Lipinski definition) is 0. The van der Waals surface area contributed by atoms with Gasteiger partial charge in [0.2, 0.25) is 0 Å². The van der Waals surface area contributed by atoms with Crippen LogP contribution in [0.3, 0.4) is 0 Å². The lowest BCUT2D eigenvalue weighted by atomic mass is 9.97. The van der Waals surface area contributed by atoms with E-state index < -0.39 is 17.6 Å². The molecule has 0 fully saturated rings. The highest BCUT2D eigenvalue weighted by molar-refractivity contribution is 6.11. The highest BCUT2D eigenvalue weighted by atomic mass is 19.1. The summed E-state index contributed by atoms with van der Waals surface area (Å²) in [4.78, 5) is 17.5. The molecule has 5 rings (SSSR count). The molecule has 162 valence electrons. The van der Waals surface area contributed by atoms with Crippen molar-refractivity contribution in [3.05, 3.63) is 87.6 Å². The molecule has 0 N–H and O–H groups in total. The fraction of sp³-hybridized carbons (Fsp3) is 0.148. The van der Waals surface area contributed by atoms with Crippen molar-refractivity contribution in [2.45, 2.75) is 20.8 Å². The van der Waals surface area contributed by atoms with Crippen LogP contribution in [-0.4, -0.2) is 17.6 Å². The first-order valence-electron chi connectivity index (χ1n) is 10.5. The lowest BCUT2D eigenvalue weighted by Gasteiger charge is -2.10. The van der Waals surface area contributed by atoms with Crippen LogP contribution in [0.4, 0.5) is 8.78 Å². The third-order valence-electron chi connectivity index (χ3n) is 6.08. The number of nitrogens with zero attached hydrogens (tertiary/aromatic N) is 2. The lowest BCUT2D eigenvalue weighted by molar-refractivity contribution is -0.138. The van der Waals surface area contributed by atoms with Crippen LogP contribution in [0, 0.1) is 23.0 Å². The van der Waals surface area contributed by atoms with Gasteiger partial charge in [-0.05, 0) is 73.9 Å². The van der Waals surface area contributed by atoms with Crippen LogP contribution in [0.25, 0.3) is 33.5 Å². The summed E-state index contributed by atoms with van der Waals surface area (Å²) in [6, 6.07) is 12.9. The minimum Gasteiger partial charge on any atom is -0.463 e. The Morgan fingerprint density at radius 3 is 2.15 bits per heavy atom. The number of hydrogen-bond acceptors (Lipinski definition) is 4. The number of pyridine rings is 1. The monoisotopic (exact) mass is 440 g/mol. The van der Waals surface area contributed by atoms with E-state index in [4.69, 9.17) is 9.72 Å². The Bertz CT molecular complexity index is 1490. The van der Waals surface area contributed by atoms with Gasteiger partial charge in [0.1, 0.15) is 11.6 Å². The van der Waals surface area contributed by atoms with E-state index in [1.807, 2.05) is 6.07 Å². The summed E-state index contributed by atoms with van der Waals surface area (Å²) in [7, 11) is 0. The quantitative estimate of drug-likeness (QED) is 0.190. The van der Waals surface area contributed by atoms with Gasteiger partial charge < -0.3 is 4.74 Å². The third kappa shape index (κ3) is 3.00. The summed E-state index contributed by atoms with van der Waals surface area (Å²) in [6.07, 6.45) is 0. The van der Waals surface area contributed by atoms with E-state index >= 15 is 0 Å². The number of allylic oxidation sites excluding steroid dienone is 1. The molecule has 6 heteroatoms. The first kappa shape index (κ1) is 20.8. The zero-order chi connectivity index (χ0) is 23.4. The van der Waals surface area contributed by atoms with Gasteiger partial charge in [-0.1, -0.05) is 6.07 Å². The van der Waals surface area contributed by atoms with Crippen molar-refractivity contribution in [3.63, 3.8) is 0 Å². The Morgan fingerprint density at radius 2 is 1.52 bits per heavy atom. The second kappa shape index (κ2) is 7.49. The maximum absolute atomic E-state index is 14.2. The molecule has 4 nitrogen and oxygen atoms in total. The highest BCUT2D eigenvalue weighted by Crippen LogP contribution is 2.51. The number of aromatic nitrogens is 1. The molecule has 0 spiro atoms. The van der Waals surface area contributed by atoms with Crippen LogP contribution in [0.15, 0.2) is 53.6 Å². The average Bonchev–Trinajstić information content (AvgIpc) is 3.27. The molecule has 0 saturated carbocycles. The third-order valence-corrected chi connectivity index (χ3v) is 6.08. The summed E-state index contributed by atoms with van der Waals surface area (Å²) >= 11 is 0. The normalized spacial score (nSPS) is 15.8. The van der Waals surface area contributed by atoms with Crippen LogP contribution in [0.5, 0.6) is 0 Å². The van der Waals surface area contributed by atoms with Gasteiger partial charge in [0.05, 0.1) is 24.1 Å². The molecule has 2 aliphatic carbocycles. The molecule has 2 aromatic carbocycles. The second-order valence-electron chi connectivity index (χ2n) is 7.99. The van der Waals surface area contributed by atoms with E-state index in [1.165, 1.54) is 24.3 Å². The van der Waals surface area contributed by atoms with Crippen molar-refractivity contribution in [3.8, 4) is 28.5 Å². The average molecular weight is 440 g/mol. The molecule has 0 aliphatic heterocycles. The van der Waals surface area contributed by atoms with Gasteiger partial charge in [0.15, 0.2) is 0 Å². The van der Waals surface area contributed by atoms with E-state index in [0.717, 1.165) is 11.1 Å². The predicted octanol–water partition coefficient (Wildman–Crippen LogP) is 6.05. The largest absolute Gasteiger partial charge is 0.463 e. The van der Waals surface area contributed by atoms with E-state index in [-0.39, 0.29) is 6.61 Å². The Morgan fingerprint density at radius 1 is 0.879 bits per heavy atom. The molecular weight excluding hydrogens is 422 g/mol. The SMILES string of the molecule is CCOC(=O)/C(C)=C1/c2cc(F)ccc2-c2nc3c(cc21)-c1ccc(F)cc1/C3=C(/C)C#N. The van der Waals surface area contributed by atoms with E-state index in [1.54, 1.807) is 32.9 Å². The van der Waals surface area contributed by atoms with Crippen molar-refractivity contribution in [1.29, 1.82) is 5.26 Å². The van der Waals surface area contributed by atoms with Crippen LogP contribution < -0.4 is 0 Å². The van der Waals surface area contributed by atoms with Crippen LogP contribution >= 0.6 is 0 Å². The molecule has 0 radical (unpaired) electrons. The molecule has 0 saturated heterocycles. The van der Waals surface area contributed by atoms with Gasteiger partial charge in [-0.15, -0.1) is 0 Å². The van der Waals surface area contributed by atoms with Crippen LogP contribution in [0.2, 0.25) is 0 Å². The maximum Gasteiger partial charge on any atom is 0.334 e. The van der Waals surface area contributed by atoms with Crippen molar-refractivity contribution in [2.24, 2.45) is 0 Å². The number of fused-ring (bicyclic) bond motifs is 6. The molecule has 3 aromatic rings. The topological polar surface area (TPSA) is 63.0 Å². The number of ether oxygens (including phenoxy) is 1. The second-order valence-corrected chi connectivity index (χ2v) is 7.99.